The molecule has 10 aromatic rings. The van der Waals surface area contributed by atoms with Crippen LogP contribution in [0.15, 0.2) is 212 Å². The quantitative estimate of drug-likeness (QED) is 0.122. The predicted molar refractivity (Wildman–Crippen MR) is 258 cm³/mol. The Hall–Kier alpha value is -5.34. The largest absolute Gasteiger partial charge is 0.184 e. The maximum Gasteiger partial charge on any atom is 0.0920 e. The van der Waals surface area contributed by atoms with Gasteiger partial charge >= 0.3 is 37.9 Å². The van der Waals surface area contributed by atoms with Gasteiger partial charge in [-0.25, -0.2) is 0 Å². The van der Waals surface area contributed by atoms with Gasteiger partial charge in [-0.3, -0.25) is 0 Å². The average molecular weight is 904 g/mol. The van der Waals surface area contributed by atoms with Gasteiger partial charge in [-0.1, -0.05) is 191 Å². The zero-order valence-electron chi connectivity index (χ0n) is 33.5. The van der Waals surface area contributed by atoms with Gasteiger partial charge in [0.2, 0.25) is 0 Å². The second-order valence-corrected chi connectivity index (χ2v) is 19.7. The minimum atomic E-state index is -0.826. The van der Waals surface area contributed by atoms with Crippen molar-refractivity contribution in [1.82, 2.24) is 0 Å². The summed E-state index contributed by atoms with van der Waals surface area (Å²) in [6, 6.07) is 78.9. The van der Waals surface area contributed by atoms with Gasteiger partial charge in [0.25, 0.3) is 0 Å². The molecule has 0 amide bonds. The van der Waals surface area contributed by atoms with Crippen LogP contribution < -0.4 is 10.4 Å². The van der Waals surface area contributed by atoms with Gasteiger partial charge in [0.15, 0.2) is 0 Å². The fourth-order valence-electron chi connectivity index (χ4n) is 8.01. The van der Waals surface area contributed by atoms with Gasteiger partial charge in [0.05, 0.1) is 9.52 Å². The monoisotopic (exact) mass is 901 g/mol. The van der Waals surface area contributed by atoms with Crippen LogP contribution in [0.4, 0.5) is 0 Å². The molecule has 0 atom stereocenters. The smallest absolute Gasteiger partial charge is 0.0920 e. The second-order valence-electron chi connectivity index (χ2n) is 14.7. The van der Waals surface area contributed by atoms with Gasteiger partial charge in [0.1, 0.15) is 0 Å². The summed E-state index contributed by atoms with van der Waals surface area (Å²) in [4.78, 5) is 0. The van der Waals surface area contributed by atoms with E-state index in [1.165, 1.54) is 98.7 Å². The number of halogens is 2. The number of hydrogen-bond donors (Lipinski definition) is 0. The first-order valence-electron chi connectivity index (χ1n) is 20.0. The molecule has 10 aromatic carbocycles. The third-order valence-electron chi connectivity index (χ3n) is 10.9. The van der Waals surface area contributed by atoms with Gasteiger partial charge in [0, 0.05) is 0 Å². The molecule has 60 heavy (non-hydrogen) atoms. The average Bonchev–Trinajstić information content (AvgIpc) is 4.04. The maximum absolute atomic E-state index is 4.93. The minimum Gasteiger partial charge on any atom is -0.184 e. The van der Waals surface area contributed by atoms with Crippen LogP contribution in [0.5, 0.6) is 0 Å². The van der Waals surface area contributed by atoms with Crippen LogP contribution in [0.3, 0.4) is 0 Å². The van der Waals surface area contributed by atoms with Crippen molar-refractivity contribution in [3.8, 4) is 55.6 Å². The fourth-order valence-corrected chi connectivity index (χ4v) is 9.32. The number of fused-ring (bicyclic) bond motifs is 5. The molecular formula is C56H41Cl2SiZr-3. The third kappa shape index (κ3) is 9.34. The Bertz CT molecular complexity index is 2780. The zero-order chi connectivity index (χ0) is 41.3. The van der Waals surface area contributed by atoms with E-state index in [0.29, 0.717) is 0 Å². The molecule has 1 aliphatic heterocycles. The molecule has 0 aliphatic carbocycles. The van der Waals surface area contributed by atoms with Gasteiger partial charge in [-0.2, -0.15) is 29.5 Å². The Balaban J connectivity index is 0.000000124. The topological polar surface area (TPSA) is 0 Å². The van der Waals surface area contributed by atoms with E-state index in [1.807, 2.05) is 6.07 Å². The van der Waals surface area contributed by atoms with Crippen molar-refractivity contribution in [2.24, 2.45) is 0 Å². The van der Waals surface area contributed by atoms with Crippen LogP contribution in [0.2, 0.25) is 0 Å². The molecule has 0 saturated carbocycles. The summed E-state index contributed by atoms with van der Waals surface area (Å²) in [7, 11) is 10.7. The van der Waals surface area contributed by atoms with Gasteiger partial charge in [-0.05, 0) is 36.1 Å². The summed E-state index contributed by atoms with van der Waals surface area (Å²) in [6.45, 7) is 4.35. The normalized spacial score (nSPS) is 10.9. The first kappa shape index (κ1) is 41.4. The second kappa shape index (κ2) is 19.8. The van der Waals surface area contributed by atoms with E-state index in [2.05, 4.69) is 226 Å². The van der Waals surface area contributed by atoms with Crippen LogP contribution >= 0.6 is 17.0 Å². The summed E-state index contributed by atoms with van der Waals surface area (Å²) in [5, 5.41) is 8.09. The van der Waals surface area contributed by atoms with Crippen molar-refractivity contribution in [3.05, 3.63) is 230 Å². The van der Waals surface area contributed by atoms with E-state index < -0.39 is 20.8 Å². The Morgan fingerprint density at radius 3 is 1.35 bits per heavy atom. The summed E-state index contributed by atoms with van der Waals surface area (Å²) in [5.41, 5.74) is 15.8. The molecule has 1 aliphatic rings. The van der Waals surface area contributed by atoms with Gasteiger partial charge < -0.3 is 0 Å². The Labute approximate surface area is 375 Å². The van der Waals surface area contributed by atoms with Crippen molar-refractivity contribution in [2.75, 3.05) is 0 Å². The number of rotatable bonds is 4. The molecule has 0 fully saturated rings. The van der Waals surface area contributed by atoms with E-state index in [4.69, 9.17) is 17.0 Å². The van der Waals surface area contributed by atoms with Crippen LogP contribution in [0.25, 0.3) is 77.2 Å². The van der Waals surface area contributed by atoms with E-state index in [1.54, 1.807) is 0 Å². The Morgan fingerprint density at radius 1 is 0.433 bits per heavy atom. The molecule has 0 bridgehead atoms. The molecule has 0 unspecified atom stereocenters. The van der Waals surface area contributed by atoms with Gasteiger partial charge in [-0.15, -0.1) is 74.6 Å². The number of benzene rings is 8. The number of aryl methyl sites for hydroxylation is 2. The molecule has 0 nitrogen and oxygen atoms in total. The van der Waals surface area contributed by atoms with E-state index in [-0.39, 0.29) is 0 Å². The first-order chi connectivity index (χ1) is 29.5. The van der Waals surface area contributed by atoms with Crippen molar-refractivity contribution in [1.29, 1.82) is 0 Å². The zero-order valence-corrected chi connectivity index (χ0v) is 38.4. The SMILES string of the molecule is Cc1ccccc1-c1cccc2[cH-]c(-c3ccccc3)cc12.Cc1ccccc1-c1cccc2[cH-]c(-c3ccccc3)cc12.[Cl][Zr][Cl].[c-]1cccc2c1[Si]c1ccccc1-2. The molecule has 0 spiro atoms. The summed E-state index contributed by atoms with van der Waals surface area (Å²) >= 11 is -0.826. The van der Waals surface area contributed by atoms with Crippen molar-refractivity contribution < 1.29 is 20.8 Å². The molecule has 0 N–H and O–H groups in total. The molecule has 4 heteroatoms. The predicted octanol–water partition coefficient (Wildman–Crippen LogP) is 14.9. The van der Waals surface area contributed by atoms with Crippen LogP contribution in [0.1, 0.15) is 11.1 Å². The molecule has 0 saturated heterocycles. The first-order valence-corrected chi connectivity index (χ1v) is 27.3. The minimum absolute atomic E-state index is 0.795. The van der Waals surface area contributed by atoms with E-state index in [9.17, 15) is 0 Å². The Kier molecular flexibility index (Phi) is 13.7. The molecule has 11 rings (SSSR count). The van der Waals surface area contributed by atoms with Crippen LogP contribution in [0, 0.1) is 19.9 Å². The third-order valence-corrected chi connectivity index (χ3v) is 12.3. The molecular weight excluding hydrogens is 863 g/mol. The molecule has 2 radical (unpaired) electrons. The summed E-state index contributed by atoms with van der Waals surface area (Å²) < 4.78 is 0. The molecule has 290 valence electrons. The molecule has 1 heterocycles. The number of hydrogen-bond acceptors (Lipinski definition) is 0. The fraction of sp³-hybridized carbons (Fsp3) is 0.0357. The maximum atomic E-state index is 4.93. The van der Waals surface area contributed by atoms with Crippen molar-refractivity contribution in [3.63, 3.8) is 0 Å². The summed E-state index contributed by atoms with van der Waals surface area (Å²) in [5.74, 6) is 0. The van der Waals surface area contributed by atoms with Crippen molar-refractivity contribution in [2.45, 2.75) is 13.8 Å². The van der Waals surface area contributed by atoms with Crippen molar-refractivity contribution >= 4 is 58.5 Å². The summed E-state index contributed by atoms with van der Waals surface area (Å²) in [6.07, 6.45) is 0. The Morgan fingerprint density at radius 2 is 0.850 bits per heavy atom. The van der Waals surface area contributed by atoms with E-state index in [0.717, 1.165) is 9.52 Å². The van der Waals surface area contributed by atoms with Crippen LogP contribution in [-0.4, -0.2) is 9.52 Å². The van der Waals surface area contributed by atoms with Crippen LogP contribution in [-0.2, 0) is 20.8 Å². The standard InChI is InChI=1S/2C22H17.C12H7Si.2ClH.Zr/c2*1-16-8-5-6-12-20(16)21-13-7-11-18-14-19(15-22(18)21)17-9-3-2-4-10-17;1-3-7-11-9(5-1)10-6-2-4-8-12(10)13-11;;;/h2*2-15H,1H3;1-7H;2*1H;/q3*-1;;;+2/p-2. The van der Waals surface area contributed by atoms with E-state index >= 15 is 0 Å². The molecule has 0 aromatic heterocycles.